The van der Waals surface area contributed by atoms with Gasteiger partial charge in [0, 0.05) is 62.3 Å². The molecule has 1 aromatic carbocycles. The zero-order valence-electron chi connectivity index (χ0n) is 29.1. The Hall–Kier alpha value is -5.34. The summed E-state index contributed by atoms with van der Waals surface area (Å²) in [6, 6.07) is 5.02. The highest BCUT2D eigenvalue weighted by Crippen LogP contribution is 2.30. The fraction of sp³-hybridized carbons (Fsp3) is 0.441. The molecule has 3 aromatic heterocycles. The van der Waals surface area contributed by atoms with Gasteiger partial charge in [-0.05, 0) is 51.5 Å². The third kappa shape index (κ3) is 7.87. The maximum Gasteiger partial charge on any atom is 0.410 e. The number of amides is 3. The number of nitrogens with one attached hydrogen (secondary N) is 3. The SMILES string of the molecule is CCn1c(=O)c(-c2ccc(F)c(NC(=O)Nc3cnc(C(C)(C)C)nc3N3CCN(C(=O)OC(C)(C)C)CC3)c2)cc2cnc(NC)nc21. The van der Waals surface area contributed by atoms with Gasteiger partial charge in [-0.2, -0.15) is 4.98 Å². The van der Waals surface area contributed by atoms with E-state index < -0.39 is 17.4 Å². The third-order valence-electron chi connectivity index (χ3n) is 7.81. The van der Waals surface area contributed by atoms with E-state index in [4.69, 9.17) is 9.72 Å². The number of benzene rings is 1. The quantitative estimate of drug-likeness (QED) is 0.240. The van der Waals surface area contributed by atoms with Crippen LogP contribution in [0.15, 0.2) is 41.5 Å². The Morgan fingerprint density at radius 2 is 1.63 bits per heavy atom. The number of anilines is 4. The topological polar surface area (TPSA) is 160 Å². The standard InChI is InChI=1S/C34H43FN10O4/c1-9-45-26-21(18-38-30(36-8)42-26)16-22(28(45)46)20-10-11-23(35)24(17-20)39-31(47)40-25-19-37-29(33(2,3)4)41-27(25)43-12-14-44(15-13-43)32(48)49-34(5,6)7/h10-11,16-19H,9,12-15H2,1-8H3,(H,36,38,42)(H2,39,40,47). The van der Waals surface area contributed by atoms with E-state index in [2.05, 4.69) is 30.9 Å². The maximum atomic E-state index is 15.1. The van der Waals surface area contributed by atoms with Crippen molar-refractivity contribution in [3.8, 4) is 11.1 Å². The molecule has 260 valence electrons. The van der Waals surface area contributed by atoms with Crippen LogP contribution in [-0.4, -0.2) is 80.4 Å². The molecule has 4 heterocycles. The summed E-state index contributed by atoms with van der Waals surface area (Å²) in [5, 5.41) is 8.86. The average Bonchev–Trinajstić information content (AvgIpc) is 3.04. The van der Waals surface area contributed by atoms with Gasteiger partial charge in [0.15, 0.2) is 5.82 Å². The Kier molecular flexibility index (Phi) is 9.74. The van der Waals surface area contributed by atoms with Crippen LogP contribution >= 0.6 is 0 Å². The molecular weight excluding hydrogens is 631 g/mol. The minimum Gasteiger partial charge on any atom is -0.444 e. The second-order valence-electron chi connectivity index (χ2n) is 13.7. The van der Waals surface area contributed by atoms with Gasteiger partial charge >= 0.3 is 12.1 Å². The molecule has 0 radical (unpaired) electrons. The van der Waals surface area contributed by atoms with Crippen molar-refractivity contribution in [2.45, 2.75) is 66.0 Å². The molecule has 0 aliphatic carbocycles. The highest BCUT2D eigenvalue weighted by atomic mass is 19.1. The second kappa shape index (κ2) is 13.6. The monoisotopic (exact) mass is 674 g/mol. The first-order valence-corrected chi connectivity index (χ1v) is 16.1. The van der Waals surface area contributed by atoms with E-state index >= 15 is 4.39 Å². The van der Waals surface area contributed by atoms with Crippen molar-refractivity contribution < 1.29 is 18.7 Å². The predicted molar refractivity (Wildman–Crippen MR) is 188 cm³/mol. The van der Waals surface area contributed by atoms with Crippen LogP contribution < -0.4 is 26.4 Å². The average molecular weight is 675 g/mol. The van der Waals surface area contributed by atoms with E-state index in [1.807, 2.05) is 53.4 Å². The summed E-state index contributed by atoms with van der Waals surface area (Å²) in [7, 11) is 1.69. The Bertz CT molecular complexity index is 1940. The van der Waals surface area contributed by atoms with Gasteiger partial charge in [-0.3, -0.25) is 9.36 Å². The van der Waals surface area contributed by atoms with Crippen molar-refractivity contribution in [3.63, 3.8) is 0 Å². The van der Waals surface area contributed by atoms with Crippen LogP contribution in [0.3, 0.4) is 0 Å². The number of urea groups is 1. The minimum absolute atomic E-state index is 0.126. The Labute approximate surface area is 284 Å². The number of carbonyl (C=O) groups is 2. The van der Waals surface area contributed by atoms with Gasteiger partial charge in [0.25, 0.3) is 5.56 Å². The first-order chi connectivity index (χ1) is 23.1. The van der Waals surface area contributed by atoms with Crippen molar-refractivity contribution in [1.82, 2.24) is 29.4 Å². The van der Waals surface area contributed by atoms with E-state index in [0.717, 1.165) is 0 Å². The number of hydrogen-bond acceptors (Lipinski definition) is 10. The number of ether oxygens (including phenoxy) is 1. The molecule has 1 aliphatic heterocycles. The molecule has 0 bridgehead atoms. The highest BCUT2D eigenvalue weighted by molar-refractivity contribution is 6.02. The number of rotatable bonds is 6. The normalized spacial score (nSPS) is 13.7. The van der Waals surface area contributed by atoms with Crippen LogP contribution in [0.25, 0.3) is 22.2 Å². The fourth-order valence-electron chi connectivity index (χ4n) is 5.33. The first kappa shape index (κ1) is 35.0. The summed E-state index contributed by atoms with van der Waals surface area (Å²) in [6.45, 7) is 15.3. The summed E-state index contributed by atoms with van der Waals surface area (Å²) in [6.07, 6.45) is 2.75. The molecule has 15 heteroatoms. The van der Waals surface area contributed by atoms with Gasteiger partial charge in [0.2, 0.25) is 5.95 Å². The zero-order valence-corrected chi connectivity index (χ0v) is 29.1. The molecule has 1 saturated heterocycles. The minimum atomic E-state index is -0.728. The number of halogens is 1. The number of pyridine rings is 1. The van der Waals surface area contributed by atoms with Gasteiger partial charge in [0.1, 0.15) is 28.6 Å². The molecule has 49 heavy (non-hydrogen) atoms. The maximum absolute atomic E-state index is 15.1. The van der Waals surface area contributed by atoms with Gasteiger partial charge in [-0.1, -0.05) is 26.8 Å². The summed E-state index contributed by atoms with van der Waals surface area (Å²) in [5.74, 6) is 0.747. The van der Waals surface area contributed by atoms with Crippen LogP contribution in [0.5, 0.6) is 0 Å². The smallest absolute Gasteiger partial charge is 0.410 e. The van der Waals surface area contributed by atoms with Crippen molar-refractivity contribution in [3.05, 3.63) is 58.7 Å². The van der Waals surface area contributed by atoms with Crippen molar-refractivity contribution in [2.75, 3.05) is 54.1 Å². The molecule has 0 atom stereocenters. The number of carbonyl (C=O) groups excluding carboxylic acids is 2. The van der Waals surface area contributed by atoms with Gasteiger partial charge in [0.05, 0.1) is 11.9 Å². The van der Waals surface area contributed by atoms with Crippen molar-refractivity contribution in [1.29, 1.82) is 0 Å². The fourth-order valence-corrected chi connectivity index (χ4v) is 5.33. The molecule has 3 amide bonds. The summed E-state index contributed by atoms with van der Waals surface area (Å²) in [5.41, 5.74) is 0.0673. The lowest BCUT2D eigenvalue weighted by molar-refractivity contribution is 0.0240. The lowest BCUT2D eigenvalue weighted by Gasteiger charge is -2.37. The van der Waals surface area contributed by atoms with E-state index in [1.54, 1.807) is 24.2 Å². The number of fused-ring (bicyclic) bond motifs is 1. The number of nitrogens with zero attached hydrogens (tertiary/aromatic N) is 7. The highest BCUT2D eigenvalue weighted by Gasteiger charge is 2.29. The van der Waals surface area contributed by atoms with Crippen molar-refractivity contribution >= 4 is 46.3 Å². The van der Waals surface area contributed by atoms with Gasteiger partial charge in [-0.25, -0.2) is 28.9 Å². The van der Waals surface area contributed by atoms with Crippen LogP contribution in [0, 0.1) is 5.82 Å². The van der Waals surface area contributed by atoms with E-state index in [9.17, 15) is 14.4 Å². The van der Waals surface area contributed by atoms with E-state index in [1.165, 1.54) is 29.0 Å². The molecule has 0 saturated carbocycles. The molecule has 4 aromatic rings. The Morgan fingerprint density at radius 3 is 2.27 bits per heavy atom. The number of aryl methyl sites for hydroxylation is 1. The van der Waals surface area contributed by atoms with Crippen LogP contribution in [0.2, 0.25) is 0 Å². The first-order valence-electron chi connectivity index (χ1n) is 16.1. The van der Waals surface area contributed by atoms with E-state index in [-0.39, 0.29) is 22.8 Å². The lowest BCUT2D eigenvalue weighted by Crippen LogP contribution is -2.50. The van der Waals surface area contributed by atoms with Crippen LogP contribution in [0.4, 0.5) is 37.1 Å². The number of hydrogen-bond donors (Lipinski definition) is 3. The molecule has 0 spiro atoms. The molecule has 14 nitrogen and oxygen atoms in total. The molecular formula is C34H43FN10O4. The van der Waals surface area contributed by atoms with Crippen LogP contribution in [0.1, 0.15) is 54.3 Å². The Morgan fingerprint density at radius 1 is 0.939 bits per heavy atom. The van der Waals surface area contributed by atoms with Gasteiger partial charge < -0.3 is 30.5 Å². The molecule has 1 fully saturated rings. The lowest BCUT2D eigenvalue weighted by atomic mass is 9.96. The van der Waals surface area contributed by atoms with E-state index in [0.29, 0.717) is 78.2 Å². The molecule has 0 unspecified atom stereocenters. The van der Waals surface area contributed by atoms with Crippen LogP contribution in [-0.2, 0) is 16.7 Å². The molecule has 3 N–H and O–H groups in total. The largest absolute Gasteiger partial charge is 0.444 e. The summed E-state index contributed by atoms with van der Waals surface area (Å²) in [4.78, 5) is 61.1. The second-order valence-corrected chi connectivity index (χ2v) is 13.7. The number of aromatic nitrogens is 5. The summed E-state index contributed by atoms with van der Waals surface area (Å²) >= 11 is 0. The number of piperazine rings is 1. The van der Waals surface area contributed by atoms with Gasteiger partial charge in [-0.15, -0.1) is 0 Å². The summed E-state index contributed by atoms with van der Waals surface area (Å²) < 4.78 is 22.1. The zero-order chi connectivity index (χ0) is 35.7. The Balaban J connectivity index is 1.39. The molecule has 5 rings (SSSR count). The predicted octanol–water partition coefficient (Wildman–Crippen LogP) is 5.45. The molecule has 1 aliphatic rings. The van der Waals surface area contributed by atoms with Crippen molar-refractivity contribution in [2.24, 2.45) is 0 Å². The third-order valence-corrected chi connectivity index (χ3v) is 7.81.